The summed E-state index contributed by atoms with van der Waals surface area (Å²) in [5, 5.41) is 29.0. The highest BCUT2D eigenvalue weighted by Gasteiger charge is 2.43. The molecule has 8 heteroatoms. The minimum Gasteiger partial charge on any atom is -0.394 e. The van der Waals surface area contributed by atoms with E-state index in [1.54, 1.807) is 12.2 Å². The van der Waals surface area contributed by atoms with E-state index >= 15 is 0 Å². The van der Waals surface area contributed by atoms with Crippen molar-refractivity contribution in [1.82, 2.24) is 9.55 Å². The largest absolute Gasteiger partial charge is 0.394 e. The Morgan fingerprint density at radius 2 is 1.92 bits per heavy atom. The molecule has 1 aliphatic carbocycles. The first-order chi connectivity index (χ1) is 11.5. The highest BCUT2D eigenvalue weighted by molar-refractivity contribution is 5.48. The van der Waals surface area contributed by atoms with Gasteiger partial charge in [0.15, 0.2) is 6.23 Å². The van der Waals surface area contributed by atoms with Crippen molar-refractivity contribution in [1.29, 1.82) is 0 Å². The van der Waals surface area contributed by atoms with Gasteiger partial charge in [-0.05, 0) is 0 Å². The second kappa shape index (κ2) is 6.70. The molecule has 8 nitrogen and oxygen atoms in total. The van der Waals surface area contributed by atoms with E-state index in [0.717, 1.165) is 4.57 Å². The highest BCUT2D eigenvalue weighted by atomic mass is 16.6. The highest BCUT2D eigenvalue weighted by Crippen LogP contribution is 2.28. The Balaban J connectivity index is 1.93. The average Bonchev–Trinajstić information content (AvgIpc) is 3.17. The lowest BCUT2D eigenvalue weighted by Crippen LogP contribution is -2.38. The van der Waals surface area contributed by atoms with Gasteiger partial charge in [-0.15, -0.1) is 0 Å². The van der Waals surface area contributed by atoms with Crippen molar-refractivity contribution >= 4 is 6.08 Å². The molecule has 0 amide bonds. The van der Waals surface area contributed by atoms with Gasteiger partial charge < -0.3 is 20.1 Å². The zero-order valence-corrected chi connectivity index (χ0v) is 12.6. The third-order valence-corrected chi connectivity index (χ3v) is 4.06. The first kappa shape index (κ1) is 16.6. The molecule has 4 atom stereocenters. The Bertz CT molecular complexity index is 794. The van der Waals surface area contributed by atoms with Crippen molar-refractivity contribution in [3.05, 3.63) is 63.0 Å². The van der Waals surface area contributed by atoms with Crippen LogP contribution in [0.25, 0.3) is 6.08 Å². The van der Waals surface area contributed by atoms with Crippen molar-refractivity contribution < 1.29 is 20.1 Å². The van der Waals surface area contributed by atoms with E-state index in [0.29, 0.717) is 0 Å². The van der Waals surface area contributed by atoms with Crippen LogP contribution in [0.4, 0.5) is 0 Å². The molecule has 0 bridgehead atoms. The zero-order chi connectivity index (χ0) is 17.3. The van der Waals surface area contributed by atoms with Crippen LogP contribution >= 0.6 is 0 Å². The maximum atomic E-state index is 12.0. The summed E-state index contributed by atoms with van der Waals surface area (Å²) in [7, 11) is 0. The zero-order valence-electron chi connectivity index (χ0n) is 12.6. The molecule has 0 unspecified atom stereocenters. The Morgan fingerprint density at radius 3 is 2.54 bits per heavy atom. The fourth-order valence-corrected chi connectivity index (χ4v) is 2.71. The van der Waals surface area contributed by atoms with E-state index in [2.05, 4.69) is 4.98 Å². The predicted molar refractivity (Wildman–Crippen MR) is 85.1 cm³/mol. The monoisotopic (exact) mass is 334 g/mol. The van der Waals surface area contributed by atoms with Crippen LogP contribution in [0.1, 0.15) is 11.8 Å². The second-order valence-electron chi connectivity index (χ2n) is 5.69. The number of rotatable bonds is 4. The number of nitrogens with one attached hydrogen (secondary N) is 1. The van der Waals surface area contributed by atoms with Gasteiger partial charge in [0.25, 0.3) is 5.56 Å². The molecule has 24 heavy (non-hydrogen) atoms. The summed E-state index contributed by atoms with van der Waals surface area (Å²) in [6.45, 7) is -0.500. The van der Waals surface area contributed by atoms with Crippen LogP contribution in [0.15, 0.2) is 46.2 Å². The van der Waals surface area contributed by atoms with E-state index < -0.39 is 42.4 Å². The second-order valence-corrected chi connectivity index (χ2v) is 5.69. The lowest BCUT2D eigenvalue weighted by Gasteiger charge is -2.17. The summed E-state index contributed by atoms with van der Waals surface area (Å²) in [5.41, 5.74) is -1.13. The van der Waals surface area contributed by atoms with Crippen LogP contribution in [-0.4, -0.2) is 49.8 Å². The summed E-state index contributed by atoms with van der Waals surface area (Å²) in [6.07, 6.45) is 7.35. The summed E-state index contributed by atoms with van der Waals surface area (Å²) in [5.74, 6) is 0.0682. The molecule has 1 fully saturated rings. The van der Waals surface area contributed by atoms with Gasteiger partial charge in [-0.25, -0.2) is 4.79 Å². The van der Waals surface area contributed by atoms with Gasteiger partial charge in [-0.2, -0.15) is 0 Å². The van der Waals surface area contributed by atoms with Crippen LogP contribution in [0.2, 0.25) is 0 Å². The number of aliphatic hydroxyl groups excluding tert-OH is 3. The molecule has 1 saturated heterocycles. The standard InChI is InChI=1S/C16H18N2O6/c19-8-11-12(20)13(21)15(24-11)18-7-10(14(22)17-16(18)23)6-5-9-3-1-2-4-9/h1-7,9,11-13,15,19-21H,8H2,(H,17,22,23)/t11-,12-,13-,15-/m1/s1. The topological polar surface area (TPSA) is 125 Å². The van der Waals surface area contributed by atoms with E-state index in [1.807, 2.05) is 24.3 Å². The molecule has 0 saturated carbocycles. The van der Waals surface area contributed by atoms with Crippen LogP contribution in [0.5, 0.6) is 0 Å². The molecule has 4 N–H and O–H groups in total. The quantitative estimate of drug-likeness (QED) is 0.554. The number of aliphatic hydroxyl groups is 3. The number of nitrogens with zero attached hydrogens (tertiary/aromatic N) is 1. The molecule has 1 aliphatic heterocycles. The Kier molecular flexibility index (Phi) is 4.63. The summed E-state index contributed by atoms with van der Waals surface area (Å²) in [6, 6.07) is 0. The first-order valence-corrected chi connectivity index (χ1v) is 7.52. The van der Waals surface area contributed by atoms with Crippen molar-refractivity contribution in [2.24, 2.45) is 5.92 Å². The fourth-order valence-electron chi connectivity index (χ4n) is 2.71. The molecule has 3 rings (SSSR count). The number of H-pyrrole nitrogens is 1. The van der Waals surface area contributed by atoms with E-state index in [-0.39, 0.29) is 11.5 Å². The van der Waals surface area contributed by atoms with Gasteiger partial charge in [-0.3, -0.25) is 14.3 Å². The van der Waals surface area contributed by atoms with Gasteiger partial charge in [-0.1, -0.05) is 36.5 Å². The fraction of sp³-hybridized carbons (Fsp3) is 0.375. The van der Waals surface area contributed by atoms with Crippen LogP contribution in [0, 0.1) is 5.92 Å². The van der Waals surface area contributed by atoms with Crippen molar-refractivity contribution in [2.45, 2.75) is 24.5 Å². The normalized spacial score (nSPS) is 30.0. The van der Waals surface area contributed by atoms with Gasteiger partial charge in [0.05, 0.1) is 12.2 Å². The Morgan fingerprint density at radius 1 is 1.21 bits per heavy atom. The van der Waals surface area contributed by atoms with Crippen LogP contribution in [-0.2, 0) is 4.74 Å². The molecule has 128 valence electrons. The Hall–Kier alpha value is -2.26. The molecular formula is C16H18N2O6. The van der Waals surface area contributed by atoms with E-state index in [4.69, 9.17) is 9.84 Å². The van der Waals surface area contributed by atoms with Crippen molar-refractivity contribution in [3.8, 4) is 0 Å². The summed E-state index contributed by atoms with van der Waals surface area (Å²) in [4.78, 5) is 26.1. The minimum atomic E-state index is -1.40. The average molecular weight is 334 g/mol. The molecule has 0 aromatic carbocycles. The number of aromatic nitrogens is 2. The summed E-state index contributed by atoms with van der Waals surface area (Å²) >= 11 is 0. The Labute approximate surface area is 136 Å². The number of hydrogen-bond donors (Lipinski definition) is 4. The van der Waals surface area contributed by atoms with Crippen LogP contribution in [0.3, 0.4) is 0 Å². The van der Waals surface area contributed by atoms with Gasteiger partial charge in [0.2, 0.25) is 0 Å². The molecule has 1 aromatic heterocycles. The van der Waals surface area contributed by atoms with Crippen LogP contribution < -0.4 is 11.2 Å². The summed E-state index contributed by atoms with van der Waals surface area (Å²) < 4.78 is 6.32. The van der Waals surface area contributed by atoms with Crippen molar-refractivity contribution in [3.63, 3.8) is 0 Å². The molecule has 2 heterocycles. The maximum Gasteiger partial charge on any atom is 0.330 e. The third-order valence-electron chi connectivity index (χ3n) is 4.06. The van der Waals surface area contributed by atoms with E-state index in [9.17, 15) is 19.8 Å². The molecular weight excluding hydrogens is 316 g/mol. The van der Waals surface area contributed by atoms with Gasteiger partial charge in [0, 0.05) is 12.1 Å². The minimum absolute atomic E-state index is 0.0682. The smallest absolute Gasteiger partial charge is 0.330 e. The predicted octanol–water partition coefficient (Wildman–Crippen LogP) is -1.10. The third kappa shape index (κ3) is 3.04. The number of hydrogen-bond acceptors (Lipinski definition) is 6. The number of ether oxygens (including phenoxy) is 1. The van der Waals surface area contributed by atoms with E-state index in [1.165, 1.54) is 6.20 Å². The molecule has 0 radical (unpaired) electrons. The SMILES string of the molecule is O=c1[nH]c(=O)n([C@@H]2O[C@H](CO)[C@@H](O)[C@H]2O)cc1C=CC1C=CC=C1. The maximum absolute atomic E-state index is 12.0. The lowest BCUT2D eigenvalue weighted by atomic mass is 10.1. The van der Waals surface area contributed by atoms with Crippen molar-refractivity contribution in [2.75, 3.05) is 6.61 Å². The molecule has 2 aliphatic rings. The number of aromatic amines is 1. The first-order valence-electron chi connectivity index (χ1n) is 7.52. The lowest BCUT2D eigenvalue weighted by molar-refractivity contribution is -0.0550. The molecule has 0 spiro atoms. The van der Waals surface area contributed by atoms with Gasteiger partial charge >= 0.3 is 5.69 Å². The number of allylic oxidation sites excluding steroid dienone is 5. The van der Waals surface area contributed by atoms with Gasteiger partial charge in [0.1, 0.15) is 18.3 Å². The molecule has 1 aromatic rings.